The Kier molecular flexibility index (Phi) is 6.86. The number of piperidine rings is 2. The third-order valence-electron chi connectivity index (χ3n) is 10.2. The molecule has 0 saturated carbocycles. The number of allylic oxidation sites excluding steroid dienone is 1. The molecule has 1 N–H and O–H groups in total. The van der Waals surface area contributed by atoms with Crippen LogP contribution in [0.4, 0.5) is 0 Å². The highest BCUT2D eigenvalue weighted by atomic mass is 16.2. The van der Waals surface area contributed by atoms with Crippen LogP contribution in [0.25, 0.3) is 17.0 Å². The van der Waals surface area contributed by atoms with Gasteiger partial charge in [0.15, 0.2) is 5.78 Å². The number of nitrogens with one attached hydrogen (secondary N) is 1. The smallest absolute Gasteiger partial charge is 0.226 e. The van der Waals surface area contributed by atoms with Gasteiger partial charge in [-0.1, -0.05) is 30.3 Å². The molecule has 0 radical (unpaired) electrons. The number of aryl methyl sites for hydroxylation is 1. The lowest BCUT2D eigenvalue weighted by Crippen LogP contribution is -2.55. The molecule has 2 amide bonds. The summed E-state index contributed by atoms with van der Waals surface area (Å²) in [4.78, 5) is 46.4. The molecule has 1 atom stereocenters. The summed E-state index contributed by atoms with van der Waals surface area (Å²) in [6, 6.07) is 10.6. The number of hydrogen-bond donors (Lipinski definition) is 1. The molecular weight excluding hydrogens is 588 g/mol. The van der Waals surface area contributed by atoms with Crippen molar-refractivity contribution in [2.45, 2.75) is 57.9 Å². The highest BCUT2D eigenvalue weighted by Gasteiger charge is 2.35. The average molecular weight is 645 g/mol. The predicted molar refractivity (Wildman–Crippen MR) is 184 cm³/mol. The molecule has 9 nitrogen and oxygen atoms in total. The minimum Gasteiger partial charge on any atom is -0.343 e. The number of aromatic amines is 1. The summed E-state index contributed by atoms with van der Waals surface area (Å²) in [7, 11) is 1.87. The van der Waals surface area contributed by atoms with Crippen LogP contribution in [0.15, 0.2) is 48.2 Å². The van der Waals surface area contributed by atoms with Gasteiger partial charge in [-0.25, -0.2) is 0 Å². The summed E-state index contributed by atoms with van der Waals surface area (Å²) < 4.78 is 72.5. The molecule has 2 aromatic carbocycles. The summed E-state index contributed by atoms with van der Waals surface area (Å²) in [5, 5.41) is 7.77. The van der Waals surface area contributed by atoms with Gasteiger partial charge in [0.1, 0.15) is 0 Å². The van der Waals surface area contributed by atoms with Crippen LogP contribution in [0.1, 0.15) is 65.3 Å². The SMILES string of the molecule is [2H]C1([2H])N(C(=O)[C@H](CC(=O)N2CCC(C3=Cc4ccccc4CC3=O)CC2)Cc2cc(C)c3[nH]ncc3c2)C([2H])([2H])C([2H])([2H])N(C2CCN(C)CC2)C1([2H])[2H]. The molecule has 0 bridgehead atoms. The van der Waals surface area contributed by atoms with E-state index in [-0.39, 0.29) is 35.9 Å². The first-order valence-corrected chi connectivity index (χ1v) is 16.7. The lowest BCUT2D eigenvalue weighted by atomic mass is 9.80. The monoisotopic (exact) mass is 644 g/mol. The Balaban J connectivity index is 1.17. The van der Waals surface area contributed by atoms with E-state index in [2.05, 4.69) is 10.2 Å². The minimum absolute atomic E-state index is 0.0446. The molecule has 1 aliphatic carbocycles. The standard InChI is InChI=1S/C38H48N6O3/c1-26-19-27(21-32-25-39-40-37(26)32)20-31(38(47)44-17-15-42(16-18-44)33-9-11-41(2)12-10-33)24-36(46)43-13-7-28(8-14-43)34-22-29-5-3-4-6-30(29)23-35(34)45/h3-6,19,21-22,25,28,31,33H,7-18,20,23-24H2,1-2H3,(H,39,40)/t31-/m0/s1/i15D2,16D2,17D2,18D2. The molecule has 0 unspecified atom stereocenters. The van der Waals surface area contributed by atoms with E-state index in [0.717, 1.165) is 33.2 Å². The summed E-state index contributed by atoms with van der Waals surface area (Å²) >= 11 is 0. The van der Waals surface area contributed by atoms with Gasteiger partial charge in [-0.2, -0.15) is 5.10 Å². The van der Waals surface area contributed by atoms with Crippen LogP contribution in [0.2, 0.25) is 0 Å². The van der Waals surface area contributed by atoms with Gasteiger partial charge in [0.25, 0.3) is 0 Å². The van der Waals surface area contributed by atoms with Crippen LogP contribution in [-0.4, -0.2) is 113 Å². The van der Waals surface area contributed by atoms with Gasteiger partial charge in [-0.05, 0) is 105 Å². The molecule has 4 aliphatic rings. The molecule has 3 fully saturated rings. The highest BCUT2D eigenvalue weighted by molar-refractivity contribution is 6.04. The van der Waals surface area contributed by atoms with Crippen LogP contribution >= 0.6 is 0 Å². The van der Waals surface area contributed by atoms with Crippen LogP contribution in [0.5, 0.6) is 0 Å². The summed E-state index contributed by atoms with van der Waals surface area (Å²) in [6.45, 7) is -9.45. The Morgan fingerprint density at radius 2 is 1.74 bits per heavy atom. The number of likely N-dealkylation sites (tertiary alicyclic amines) is 2. The molecule has 9 heteroatoms. The third kappa shape index (κ3) is 6.92. The number of aromatic nitrogens is 2. The second-order valence-electron chi connectivity index (χ2n) is 13.4. The number of nitrogens with zero attached hydrogens (tertiary/aromatic N) is 5. The minimum atomic E-state index is -3.33. The molecule has 4 heterocycles. The molecule has 7 rings (SSSR count). The maximum absolute atomic E-state index is 14.8. The van der Waals surface area contributed by atoms with Crippen molar-refractivity contribution in [3.8, 4) is 0 Å². The molecule has 0 spiro atoms. The molecule has 248 valence electrons. The Bertz CT molecular complexity index is 1990. The highest BCUT2D eigenvalue weighted by Crippen LogP contribution is 2.33. The molecule has 47 heavy (non-hydrogen) atoms. The van der Waals surface area contributed by atoms with Crippen molar-refractivity contribution in [2.24, 2.45) is 11.8 Å². The molecule has 3 saturated heterocycles. The van der Waals surface area contributed by atoms with Crippen molar-refractivity contribution in [3.05, 3.63) is 70.4 Å². The summed E-state index contributed by atoms with van der Waals surface area (Å²) in [5.41, 5.74) is 4.94. The third-order valence-corrected chi connectivity index (χ3v) is 10.2. The number of hydrogen-bond acceptors (Lipinski definition) is 6. The fourth-order valence-electron chi connectivity index (χ4n) is 7.44. The normalized spacial score (nSPS) is 28.0. The van der Waals surface area contributed by atoms with E-state index in [1.807, 2.05) is 55.3 Å². The number of piperazine rings is 1. The van der Waals surface area contributed by atoms with E-state index in [1.165, 1.54) is 0 Å². The second-order valence-corrected chi connectivity index (χ2v) is 13.4. The first-order chi connectivity index (χ1) is 25.8. The van der Waals surface area contributed by atoms with Crippen molar-refractivity contribution >= 4 is 34.6 Å². The van der Waals surface area contributed by atoms with Gasteiger partial charge in [-0.15, -0.1) is 0 Å². The molecule has 1 aromatic heterocycles. The quantitative estimate of drug-likeness (QED) is 0.417. The fourth-order valence-corrected chi connectivity index (χ4v) is 7.44. The zero-order valence-electron chi connectivity index (χ0n) is 35.1. The lowest BCUT2D eigenvalue weighted by molar-refractivity contribution is -0.143. The number of rotatable bonds is 7. The number of benzene rings is 2. The van der Waals surface area contributed by atoms with Gasteiger partial charge in [0.05, 0.1) is 23.1 Å². The van der Waals surface area contributed by atoms with E-state index in [4.69, 9.17) is 11.0 Å². The Hall–Kier alpha value is -3.82. The van der Waals surface area contributed by atoms with Crippen molar-refractivity contribution in [3.63, 3.8) is 0 Å². The Labute approximate surface area is 289 Å². The zero-order chi connectivity index (χ0) is 39.7. The first-order valence-electron chi connectivity index (χ1n) is 20.7. The zero-order valence-corrected chi connectivity index (χ0v) is 27.1. The van der Waals surface area contributed by atoms with Gasteiger partial charge >= 0.3 is 0 Å². The molecule has 3 aromatic rings. The maximum Gasteiger partial charge on any atom is 0.226 e. The van der Waals surface area contributed by atoms with Crippen LogP contribution in [-0.2, 0) is 27.2 Å². The second kappa shape index (κ2) is 13.7. The van der Waals surface area contributed by atoms with E-state index >= 15 is 0 Å². The van der Waals surface area contributed by atoms with E-state index < -0.39 is 56.2 Å². The van der Waals surface area contributed by atoms with E-state index in [9.17, 15) is 14.4 Å². The summed E-state index contributed by atoms with van der Waals surface area (Å²) in [5.74, 6) is -2.94. The average Bonchev–Trinajstić information content (AvgIpc) is 3.60. The Morgan fingerprint density at radius 3 is 2.51 bits per heavy atom. The van der Waals surface area contributed by atoms with Crippen molar-refractivity contribution in [1.29, 1.82) is 0 Å². The van der Waals surface area contributed by atoms with E-state index in [1.54, 1.807) is 17.2 Å². The van der Waals surface area contributed by atoms with Gasteiger partial charge < -0.3 is 14.7 Å². The maximum atomic E-state index is 14.8. The predicted octanol–water partition coefficient (Wildman–Crippen LogP) is 4.11. The fraction of sp³-hybridized carbons (Fsp3) is 0.526. The largest absolute Gasteiger partial charge is 0.343 e. The molecule has 3 aliphatic heterocycles. The number of amides is 2. The Morgan fingerprint density at radius 1 is 1.00 bits per heavy atom. The van der Waals surface area contributed by atoms with Crippen molar-refractivity contribution in [1.82, 2.24) is 29.8 Å². The van der Waals surface area contributed by atoms with Crippen LogP contribution < -0.4 is 0 Å². The van der Waals surface area contributed by atoms with Crippen molar-refractivity contribution in [2.75, 3.05) is 59.2 Å². The van der Waals surface area contributed by atoms with Gasteiger partial charge in [0.2, 0.25) is 11.8 Å². The topological polar surface area (TPSA) is 92.8 Å². The van der Waals surface area contributed by atoms with Gasteiger partial charge in [0, 0.05) is 68.8 Å². The first kappa shape index (κ1) is 23.5. The number of carbonyl (C=O) groups is 3. The molecular formula is C38H48N6O3. The van der Waals surface area contributed by atoms with Gasteiger partial charge in [-0.3, -0.25) is 24.4 Å². The number of H-pyrrole nitrogens is 1. The summed E-state index contributed by atoms with van der Waals surface area (Å²) in [6.07, 6.45) is 4.99. The number of fused-ring (bicyclic) bond motifs is 2. The van der Waals surface area contributed by atoms with Crippen LogP contribution in [0, 0.1) is 18.8 Å². The van der Waals surface area contributed by atoms with E-state index in [0.29, 0.717) is 55.9 Å². The van der Waals surface area contributed by atoms with Crippen molar-refractivity contribution < 1.29 is 25.3 Å². The number of Topliss-reactive ketones (excluding diaryl/α,β-unsaturated/α-hetero) is 1. The lowest BCUT2D eigenvalue weighted by Gasteiger charge is -2.43. The number of carbonyl (C=O) groups excluding carboxylic acids is 3. The number of ketones is 1. The van der Waals surface area contributed by atoms with Crippen LogP contribution in [0.3, 0.4) is 0 Å².